The number of fused-ring (bicyclic) bond motifs is 1. The second-order valence-electron chi connectivity index (χ2n) is 5.25. The van der Waals surface area contributed by atoms with Crippen LogP contribution in [0.3, 0.4) is 0 Å². The van der Waals surface area contributed by atoms with E-state index in [9.17, 15) is 4.79 Å². The van der Waals surface area contributed by atoms with E-state index in [-0.39, 0.29) is 11.5 Å². The molecule has 0 saturated carbocycles. The Morgan fingerprint density at radius 2 is 1.52 bits per heavy atom. The average Bonchev–Trinajstić information content (AvgIpc) is 3.09. The normalized spacial score (nSPS) is 10.6. The SMILES string of the molecule is COc1ccc(OC)c(C(=O)c2cc3c(OC)cc(OC)cc3o2)c1. The number of furan rings is 1. The van der Waals surface area contributed by atoms with Crippen LogP contribution in [0.25, 0.3) is 11.0 Å². The molecule has 0 bridgehead atoms. The summed E-state index contributed by atoms with van der Waals surface area (Å²) in [5, 5.41) is 0.688. The number of ketones is 1. The summed E-state index contributed by atoms with van der Waals surface area (Å²) in [4.78, 5) is 12.9. The fourth-order valence-corrected chi connectivity index (χ4v) is 2.61. The molecule has 3 rings (SSSR count). The Morgan fingerprint density at radius 1 is 0.800 bits per heavy atom. The number of carbonyl (C=O) groups is 1. The molecule has 1 heterocycles. The van der Waals surface area contributed by atoms with Crippen molar-refractivity contribution in [3.05, 3.63) is 47.7 Å². The van der Waals surface area contributed by atoms with E-state index >= 15 is 0 Å². The van der Waals surface area contributed by atoms with Gasteiger partial charge in [0.1, 0.15) is 28.6 Å². The molecular weight excluding hydrogens is 324 g/mol. The number of benzene rings is 2. The molecular formula is C19H18O6. The maximum Gasteiger partial charge on any atom is 0.232 e. The first-order valence-corrected chi connectivity index (χ1v) is 7.53. The summed E-state index contributed by atoms with van der Waals surface area (Å²) in [5.41, 5.74) is 0.855. The highest BCUT2D eigenvalue weighted by molar-refractivity contribution is 6.11. The number of hydrogen-bond donors (Lipinski definition) is 0. The molecule has 2 aromatic carbocycles. The molecule has 0 N–H and O–H groups in total. The van der Waals surface area contributed by atoms with Gasteiger partial charge in [-0.1, -0.05) is 0 Å². The molecule has 0 aliphatic carbocycles. The summed E-state index contributed by atoms with van der Waals surface area (Å²) >= 11 is 0. The van der Waals surface area contributed by atoms with Crippen molar-refractivity contribution in [1.82, 2.24) is 0 Å². The van der Waals surface area contributed by atoms with Gasteiger partial charge in [0.2, 0.25) is 5.78 Å². The van der Waals surface area contributed by atoms with Crippen LogP contribution in [0.1, 0.15) is 16.1 Å². The molecule has 0 unspecified atom stereocenters. The molecule has 6 nitrogen and oxygen atoms in total. The lowest BCUT2D eigenvalue weighted by atomic mass is 10.1. The molecule has 25 heavy (non-hydrogen) atoms. The Kier molecular flexibility index (Phi) is 4.52. The van der Waals surface area contributed by atoms with Gasteiger partial charge in [-0.25, -0.2) is 0 Å². The molecule has 0 amide bonds. The van der Waals surface area contributed by atoms with Crippen LogP contribution in [0.2, 0.25) is 0 Å². The van der Waals surface area contributed by atoms with Gasteiger partial charge in [-0.05, 0) is 24.3 Å². The maximum atomic E-state index is 12.9. The molecule has 3 aromatic rings. The van der Waals surface area contributed by atoms with E-state index in [2.05, 4.69) is 0 Å². The zero-order chi connectivity index (χ0) is 18.0. The Hall–Kier alpha value is -3.15. The molecule has 130 valence electrons. The lowest BCUT2D eigenvalue weighted by Crippen LogP contribution is -2.03. The first-order valence-electron chi connectivity index (χ1n) is 7.53. The molecule has 1 aromatic heterocycles. The highest BCUT2D eigenvalue weighted by Gasteiger charge is 2.21. The third-order valence-electron chi connectivity index (χ3n) is 3.90. The summed E-state index contributed by atoms with van der Waals surface area (Å²) in [7, 11) is 6.14. The van der Waals surface area contributed by atoms with E-state index in [4.69, 9.17) is 23.4 Å². The summed E-state index contributed by atoms with van der Waals surface area (Å²) in [6.07, 6.45) is 0. The zero-order valence-corrected chi connectivity index (χ0v) is 14.4. The minimum Gasteiger partial charge on any atom is -0.497 e. The predicted molar refractivity (Wildman–Crippen MR) is 92.3 cm³/mol. The van der Waals surface area contributed by atoms with Crippen LogP contribution in [-0.4, -0.2) is 34.2 Å². The van der Waals surface area contributed by atoms with Crippen LogP contribution < -0.4 is 18.9 Å². The molecule has 0 atom stereocenters. The van der Waals surface area contributed by atoms with E-state index in [1.807, 2.05) is 0 Å². The van der Waals surface area contributed by atoms with Gasteiger partial charge in [-0.15, -0.1) is 0 Å². The van der Waals surface area contributed by atoms with Crippen molar-refractivity contribution in [2.75, 3.05) is 28.4 Å². The monoisotopic (exact) mass is 342 g/mol. The van der Waals surface area contributed by atoms with Crippen molar-refractivity contribution in [1.29, 1.82) is 0 Å². The standard InChI is InChI=1S/C19H18O6/c1-21-11-5-6-15(23-3)14(7-11)19(20)18-10-13-16(24-4)8-12(22-2)9-17(13)25-18/h5-10H,1-4H3. The second-order valence-corrected chi connectivity index (χ2v) is 5.25. The zero-order valence-electron chi connectivity index (χ0n) is 14.4. The Balaban J connectivity index is 2.12. The molecule has 0 spiro atoms. The summed E-state index contributed by atoms with van der Waals surface area (Å²) in [5.74, 6) is 2.00. The third kappa shape index (κ3) is 2.98. The van der Waals surface area contributed by atoms with Crippen molar-refractivity contribution in [3.63, 3.8) is 0 Å². The van der Waals surface area contributed by atoms with Crippen LogP contribution in [0.4, 0.5) is 0 Å². The summed E-state index contributed by atoms with van der Waals surface area (Å²) in [6, 6.07) is 10.1. The van der Waals surface area contributed by atoms with Crippen molar-refractivity contribution >= 4 is 16.8 Å². The summed E-state index contributed by atoms with van der Waals surface area (Å²) in [6.45, 7) is 0. The lowest BCUT2D eigenvalue weighted by Gasteiger charge is -2.08. The molecule has 0 aliphatic heterocycles. The van der Waals surface area contributed by atoms with Crippen LogP contribution in [-0.2, 0) is 0 Å². The molecule has 0 fully saturated rings. The van der Waals surface area contributed by atoms with Gasteiger partial charge in [0.15, 0.2) is 5.76 Å². The Morgan fingerprint density at radius 3 is 2.16 bits per heavy atom. The fraction of sp³-hybridized carbons (Fsp3) is 0.211. The quantitative estimate of drug-likeness (QED) is 0.636. The third-order valence-corrected chi connectivity index (χ3v) is 3.90. The van der Waals surface area contributed by atoms with Crippen LogP contribution in [0.5, 0.6) is 23.0 Å². The fourth-order valence-electron chi connectivity index (χ4n) is 2.61. The highest BCUT2D eigenvalue weighted by atomic mass is 16.5. The first kappa shape index (κ1) is 16.7. The van der Waals surface area contributed by atoms with E-state index in [1.54, 1.807) is 50.6 Å². The highest BCUT2D eigenvalue weighted by Crippen LogP contribution is 2.35. The van der Waals surface area contributed by atoms with E-state index < -0.39 is 0 Å². The molecule has 0 saturated heterocycles. The first-order chi connectivity index (χ1) is 12.1. The number of rotatable bonds is 6. The number of ether oxygens (including phenoxy) is 4. The van der Waals surface area contributed by atoms with Gasteiger partial charge in [0, 0.05) is 12.1 Å². The Labute approximate surface area is 144 Å². The van der Waals surface area contributed by atoms with Crippen molar-refractivity contribution < 1.29 is 28.2 Å². The van der Waals surface area contributed by atoms with E-state index in [0.717, 1.165) is 0 Å². The van der Waals surface area contributed by atoms with Gasteiger partial charge in [0.25, 0.3) is 0 Å². The minimum atomic E-state index is -0.312. The predicted octanol–water partition coefficient (Wildman–Crippen LogP) is 3.70. The second kappa shape index (κ2) is 6.76. The van der Waals surface area contributed by atoms with E-state index in [1.165, 1.54) is 14.2 Å². The molecule has 0 aliphatic rings. The van der Waals surface area contributed by atoms with Crippen LogP contribution >= 0.6 is 0 Å². The van der Waals surface area contributed by atoms with Crippen LogP contribution in [0.15, 0.2) is 40.8 Å². The van der Waals surface area contributed by atoms with Gasteiger partial charge >= 0.3 is 0 Å². The van der Waals surface area contributed by atoms with E-state index in [0.29, 0.717) is 39.5 Å². The number of hydrogen-bond acceptors (Lipinski definition) is 6. The Bertz CT molecular complexity index is 925. The van der Waals surface area contributed by atoms with Gasteiger partial charge in [-0.3, -0.25) is 4.79 Å². The lowest BCUT2D eigenvalue weighted by molar-refractivity contribution is 0.101. The van der Waals surface area contributed by atoms with Crippen molar-refractivity contribution in [2.45, 2.75) is 0 Å². The average molecular weight is 342 g/mol. The maximum absolute atomic E-state index is 12.9. The largest absolute Gasteiger partial charge is 0.497 e. The van der Waals surface area contributed by atoms with Gasteiger partial charge in [-0.2, -0.15) is 0 Å². The molecule has 6 heteroatoms. The van der Waals surface area contributed by atoms with Crippen molar-refractivity contribution in [3.8, 4) is 23.0 Å². The topological polar surface area (TPSA) is 67.1 Å². The van der Waals surface area contributed by atoms with Gasteiger partial charge in [0.05, 0.1) is 39.4 Å². The molecule has 0 radical (unpaired) electrons. The van der Waals surface area contributed by atoms with Gasteiger partial charge < -0.3 is 23.4 Å². The van der Waals surface area contributed by atoms with Crippen molar-refractivity contribution in [2.24, 2.45) is 0 Å². The number of carbonyl (C=O) groups excluding carboxylic acids is 1. The number of methoxy groups -OCH3 is 4. The van der Waals surface area contributed by atoms with Crippen LogP contribution in [0, 0.1) is 0 Å². The smallest absolute Gasteiger partial charge is 0.232 e. The minimum absolute atomic E-state index is 0.174. The summed E-state index contributed by atoms with van der Waals surface area (Å²) < 4.78 is 26.8.